The molecule has 0 saturated heterocycles. The Kier molecular flexibility index (Phi) is 3.68. The molecule has 15 heavy (non-hydrogen) atoms. The van der Waals surface area contributed by atoms with Gasteiger partial charge in [0, 0.05) is 12.6 Å². The van der Waals surface area contributed by atoms with Gasteiger partial charge < -0.3 is 4.90 Å². The van der Waals surface area contributed by atoms with Gasteiger partial charge in [-0.2, -0.15) is 5.26 Å². The molecule has 0 fully saturated rings. The summed E-state index contributed by atoms with van der Waals surface area (Å²) in [6.45, 7) is 6.76. The highest BCUT2D eigenvalue weighted by Gasteiger charge is 2.13. The van der Waals surface area contributed by atoms with Gasteiger partial charge in [-0.05, 0) is 39.0 Å². The quantitative estimate of drug-likeness (QED) is 0.760. The molecule has 1 rings (SSSR count). The maximum Gasteiger partial charge on any atom is 0.147 e. The number of anilines is 1. The van der Waals surface area contributed by atoms with E-state index in [1.807, 2.05) is 31.7 Å². The second kappa shape index (κ2) is 4.79. The van der Waals surface area contributed by atoms with Crippen molar-refractivity contribution in [2.45, 2.75) is 26.8 Å². The minimum atomic E-state index is -0.329. The van der Waals surface area contributed by atoms with Gasteiger partial charge in [-0.3, -0.25) is 0 Å². The first-order valence-corrected chi connectivity index (χ1v) is 5.06. The van der Waals surface area contributed by atoms with Gasteiger partial charge in [0.2, 0.25) is 0 Å². The second-order valence-electron chi connectivity index (χ2n) is 3.66. The van der Waals surface area contributed by atoms with E-state index < -0.39 is 0 Å². The number of hydrogen-bond acceptors (Lipinski definition) is 2. The van der Waals surface area contributed by atoms with Crippen molar-refractivity contribution in [2.24, 2.45) is 0 Å². The van der Waals surface area contributed by atoms with Crippen LogP contribution in [0.1, 0.15) is 26.3 Å². The Hall–Kier alpha value is -1.56. The SMILES string of the molecule is CCN(c1ccc(C#N)cc1F)C(C)C. The molecule has 1 aromatic rings. The third-order valence-electron chi connectivity index (χ3n) is 2.35. The van der Waals surface area contributed by atoms with Gasteiger partial charge in [0.25, 0.3) is 0 Å². The van der Waals surface area contributed by atoms with Gasteiger partial charge in [-0.1, -0.05) is 0 Å². The molecule has 0 heterocycles. The molecule has 0 radical (unpaired) electrons. The fourth-order valence-electron chi connectivity index (χ4n) is 1.62. The van der Waals surface area contributed by atoms with Gasteiger partial charge in [0.1, 0.15) is 5.82 Å². The molecule has 0 bridgehead atoms. The summed E-state index contributed by atoms with van der Waals surface area (Å²) in [7, 11) is 0. The average Bonchev–Trinajstić information content (AvgIpc) is 2.20. The third kappa shape index (κ3) is 2.47. The monoisotopic (exact) mass is 206 g/mol. The lowest BCUT2D eigenvalue weighted by Gasteiger charge is -2.27. The molecule has 0 aliphatic carbocycles. The minimum absolute atomic E-state index is 0.248. The van der Waals surface area contributed by atoms with Crippen LogP contribution in [0.15, 0.2) is 18.2 Å². The van der Waals surface area contributed by atoms with Gasteiger partial charge >= 0.3 is 0 Å². The standard InChI is InChI=1S/C12H15FN2/c1-4-15(9(2)3)12-6-5-10(8-14)7-11(12)13/h5-7,9H,4H2,1-3H3. The van der Waals surface area contributed by atoms with Crippen LogP contribution in [0, 0.1) is 17.1 Å². The van der Waals surface area contributed by atoms with Crippen LogP contribution in [-0.2, 0) is 0 Å². The van der Waals surface area contributed by atoms with E-state index in [1.165, 1.54) is 6.07 Å². The Bertz CT molecular complexity index is 380. The van der Waals surface area contributed by atoms with Crippen molar-refractivity contribution in [2.75, 3.05) is 11.4 Å². The normalized spacial score (nSPS) is 10.1. The Balaban J connectivity index is 3.10. The van der Waals surface area contributed by atoms with Crippen molar-refractivity contribution in [3.63, 3.8) is 0 Å². The average molecular weight is 206 g/mol. The lowest BCUT2D eigenvalue weighted by molar-refractivity contribution is 0.604. The smallest absolute Gasteiger partial charge is 0.147 e. The zero-order valence-electron chi connectivity index (χ0n) is 9.29. The van der Waals surface area contributed by atoms with Crippen LogP contribution in [-0.4, -0.2) is 12.6 Å². The molecule has 1 aromatic carbocycles. The third-order valence-corrected chi connectivity index (χ3v) is 2.35. The molecule has 3 heteroatoms. The first-order chi connectivity index (χ1) is 7.10. The molecular weight excluding hydrogens is 191 g/mol. The summed E-state index contributed by atoms with van der Waals surface area (Å²) in [5, 5.41) is 8.63. The molecule has 0 spiro atoms. The molecular formula is C12H15FN2. The largest absolute Gasteiger partial charge is 0.367 e. The second-order valence-corrected chi connectivity index (χ2v) is 3.66. The van der Waals surface area contributed by atoms with Crippen molar-refractivity contribution in [3.8, 4) is 6.07 Å². The van der Waals surface area contributed by atoms with Crippen LogP contribution in [0.5, 0.6) is 0 Å². The summed E-state index contributed by atoms with van der Waals surface area (Å²) >= 11 is 0. The summed E-state index contributed by atoms with van der Waals surface area (Å²) in [6.07, 6.45) is 0. The van der Waals surface area contributed by atoms with Crippen LogP contribution in [0.4, 0.5) is 10.1 Å². The van der Waals surface area contributed by atoms with Gasteiger partial charge in [-0.25, -0.2) is 4.39 Å². The van der Waals surface area contributed by atoms with E-state index in [0.29, 0.717) is 11.3 Å². The topological polar surface area (TPSA) is 27.0 Å². The number of halogens is 1. The summed E-state index contributed by atoms with van der Waals surface area (Å²) in [5.41, 5.74) is 0.919. The van der Waals surface area contributed by atoms with Crippen molar-refractivity contribution in [1.82, 2.24) is 0 Å². The molecule has 0 aromatic heterocycles. The molecule has 80 valence electrons. The summed E-state index contributed by atoms with van der Waals surface area (Å²) in [6, 6.07) is 6.75. The van der Waals surface area contributed by atoms with Crippen molar-refractivity contribution in [1.29, 1.82) is 5.26 Å². The predicted octanol–water partition coefficient (Wildman–Crippen LogP) is 2.93. The van der Waals surface area contributed by atoms with Gasteiger partial charge in [-0.15, -0.1) is 0 Å². The van der Waals surface area contributed by atoms with E-state index in [4.69, 9.17) is 5.26 Å². The molecule has 0 saturated carbocycles. The van der Waals surface area contributed by atoms with Gasteiger partial charge in [0.15, 0.2) is 0 Å². The summed E-state index contributed by atoms with van der Waals surface area (Å²) in [5.74, 6) is -0.329. The van der Waals surface area contributed by atoms with Crippen LogP contribution in [0.25, 0.3) is 0 Å². The Morgan fingerprint density at radius 3 is 2.53 bits per heavy atom. The number of nitrogens with zero attached hydrogens (tertiary/aromatic N) is 2. The predicted molar refractivity (Wildman–Crippen MR) is 59.3 cm³/mol. The van der Waals surface area contributed by atoms with Crippen LogP contribution >= 0.6 is 0 Å². The van der Waals surface area contributed by atoms with E-state index in [1.54, 1.807) is 12.1 Å². The zero-order chi connectivity index (χ0) is 11.4. The fourth-order valence-corrected chi connectivity index (χ4v) is 1.62. The summed E-state index contributed by atoms with van der Waals surface area (Å²) in [4.78, 5) is 1.95. The van der Waals surface area contributed by atoms with Crippen LogP contribution in [0.3, 0.4) is 0 Å². The summed E-state index contributed by atoms with van der Waals surface area (Å²) < 4.78 is 13.6. The number of nitriles is 1. The molecule has 0 aliphatic heterocycles. The first-order valence-electron chi connectivity index (χ1n) is 5.06. The maximum atomic E-state index is 13.6. The Labute approximate surface area is 89.9 Å². The minimum Gasteiger partial charge on any atom is -0.367 e. The number of rotatable bonds is 3. The number of hydrogen-bond donors (Lipinski definition) is 0. The number of benzene rings is 1. The first kappa shape index (κ1) is 11.5. The van der Waals surface area contributed by atoms with E-state index in [0.717, 1.165) is 6.54 Å². The van der Waals surface area contributed by atoms with Gasteiger partial charge in [0.05, 0.1) is 17.3 Å². The molecule has 2 nitrogen and oxygen atoms in total. The lowest BCUT2D eigenvalue weighted by Crippen LogP contribution is -2.31. The van der Waals surface area contributed by atoms with E-state index in [9.17, 15) is 4.39 Å². The molecule has 0 atom stereocenters. The highest BCUT2D eigenvalue weighted by atomic mass is 19.1. The molecule has 0 amide bonds. The highest BCUT2D eigenvalue weighted by molar-refractivity contribution is 5.51. The van der Waals surface area contributed by atoms with Crippen LogP contribution < -0.4 is 4.90 Å². The Morgan fingerprint density at radius 2 is 2.13 bits per heavy atom. The van der Waals surface area contributed by atoms with Crippen molar-refractivity contribution < 1.29 is 4.39 Å². The van der Waals surface area contributed by atoms with Crippen LogP contribution in [0.2, 0.25) is 0 Å². The molecule has 0 aliphatic rings. The van der Waals surface area contributed by atoms with E-state index in [-0.39, 0.29) is 11.9 Å². The zero-order valence-corrected chi connectivity index (χ0v) is 9.29. The van der Waals surface area contributed by atoms with Crippen molar-refractivity contribution in [3.05, 3.63) is 29.6 Å². The lowest BCUT2D eigenvalue weighted by atomic mass is 10.1. The Morgan fingerprint density at radius 1 is 1.47 bits per heavy atom. The van der Waals surface area contributed by atoms with E-state index >= 15 is 0 Å². The highest BCUT2D eigenvalue weighted by Crippen LogP contribution is 2.22. The molecule has 0 unspecified atom stereocenters. The maximum absolute atomic E-state index is 13.6. The molecule has 0 N–H and O–H groups in total. The fraction of sp³-hybridized carbons (Fsp3) is 0.417. The van der Waals surface area contributed by atoms with E-state index in [2.05, 4.69) is 0 Å². The van der Waals surface area contributed by atoms with Crippen molar-refractivity contribution >= 4 is 5.69 Å².